The summed E-state index contributed by atoms with van der Waals surface area (Å²) in [5, 5.41) is 10.3. The molecule has 1 aromatic carbocycles. The minimum atomic E-state index is -0.206. The molecule has 1 saturated heterocycles. The van der Waals surface area contributed by atoms with Gasteiger partial charge >= 0.3 is 0 Å². The molecule has 5 heteroatoms. The Balaban J connectivity index is 2.03. The monoisotopic (exact) mass is 327 g/mol. The fourth-order valence-electron chi connectivity index (χ4n) is 3.00. The van der Waals surface area contributed by atoms with E-state index in [1.54, 1.807) is 7.11 Å². The molecule has 1 fully saturated rings. The minimum Gasteiger partial charge on any atom is -0.493 e. The van der Waals surface area contributed by atoms with Crippen molar-refractivity contribution in [3.8, 4) is 11.5 Å². The standard InChI is InChI=1S/C17H26ClNO3/c1-4-22-17-15(18)9-13(10-16(17)21-3)11-19-7-5-14(6-8-19)12(2)20/h9-10,12,14,20H,4-8,11H2,1-3H3. The number of aliphatic hydroxyl groups excluding tert-OH is 1. The Labute approximate surface area is 138 Å². The van der Waals surface area contributed by atoms with Gasteiger partial charge in [-0.25, -0.2) is 0 Å². The van der Waals surface area contributed by atoms with Crippen molar-refractivity contribution in [2.45, 2.75) is 39.3 Å². The number of rotatable bonds is 6. The molecule has 0 spiro atoms. The van der Waals surface area contributed by atoms with Crippen molar-refractivity contribution in [3.63, 3.8) is 0 Å². The van der Waals surface area contributed by atoms with Crippen LogP contribution in [0.3, 0.4) is 0 Å². The van der Waals surface area contributed by atoms with E-state index in [2.05, 4.69) is 4.90 Å². The van der Waals surface area contributed by atoms with E-state index in [9.17, 15) is 5.11 Å². The molecule has 0 saturated carbocycles. The lowest BCUT2D eigenvalue weighted by molar-refractivity contribution is 0.0695. The van der Waals surface area contributed by atoms with Crippen molar-refractivity contribution >= 4 is 11.6 Å². The fraction of sp³-hybridized carbons (Fsp3) is 0.647. The van der Waals surface area contributed by atoms with E-state index in [4.69, 9.17) is 21.1 Å². The molecule has 1 N–H and O–H groups in total. The highest BCUT2D eigenvalue weighted by Gasteiger charge is 2.23. The summed E-state index contributed by atoms with van der Waals surface area (Å²) in [6, 6.07) is 3.95. The van der Waals surface area contributed by atoms with Gasteiger partial charge in [-0.15, -0.1) is 0 Å². The summed E-state index contributed by atoms with van der Waals surface area (Å²) >= 11 is 6.32. The van der Waals surface area contributed by atoms with E-state index >= 15 is 0 Å². The third kappa shape index (κ3) is 4.28. The average Bonchev–Trinajstić information content (AvgIpc) is 2.50. The second-order valence-electron chi connectivity index (χ2n) is 5.90. The van der Waals surface area contributed by atoms with Crippen molar-refractivity contribution < 1.29 is 14.6 Å². The average molecular weight is 328 g/mol. The number of halogens is 1. The molecule has 124 valence electrons. The first-order chi connectivity index (χ1) is 10.5. The van der Waals surface area contributed by atoms with Crippen LogP contribution in [0.4, 0.5) is 0 Å². The molecule has 1 aliphatic rings. The Morgan fingerprint density at radius 3 is 2.59 bits per heavy atom. The third-order valence-electron chi connectivity index (χ3n) is 4.30. The number of nitrogens with zero attached hydrogens (tertiary/aromatic N) is 1. The van der Waals surface area contributed by atoms with Crippen LogP contribution >= 0.6 is 11.6 Å². The zero-order chi connectivity index (χ0) is 16.1. The van der Waals surface area contributed by atoms with Gasteiger partial charge in [0.15, 0.2) is 11.5 Å². The number of likely N-dealkylation sites (tertiary alicyclic amines) is 1. The zero-order valence-electron chi connectivity index (χ0n) is 13.6. The van der Waals surface area contributed by atoms with E-state index in [-0.39, 0.29) is 6.10 Å². The molecule has 0 amide bonds. The number of ether oxygens (including phenoxy) is 2. The number of methoxy groups -OCH3 is 1. The van der Waals surface area contributed by atoms with Crippen molar-refractivity contribution in [1.82, 2.24) is 4.90 Å². The van der Waals surface area contributed by atoms with Crippen molar-refractivity contribution in [3.05, 3.63) is 22.7 Å². The lowest BCUT2D eigenvalue weighted by Crippen LogP contribution is -2.36. The Bertz CT molecular complexity index is 485. The highest BCUT2D eigenvalue weighted by Crippen LogP contribution is 2.37. The Morgan fingerprint density at radius 1 is 1.36 bits per heavy atom. The molecule has 1 aromatic rings. The first kappa shape index (κ1) is 17.4. The smallest absolute Gasteiger partial charge is 0.179 e. The van der Waals surface area contributed by atoms with Crippen molar-refractivity contribution in [2.75, 3.05) is 26.8 Å². The molecule has 2 rings (SSSR count). The quantitative estimate of drug-likeness (QED) is 0.870. The summed E-state index contributed by atoms with van der Waals surface area (Å²) in [5.41, 5.74) is 1.13. The van der Waals surface area contributed by atoms with Gasteiger partial charge < -0.3 is 14.6 Å². The lowest BCUT2D eigenvalue weighted by Gasteiger charge is -2.33. The second kappa shape index (κ2) is 8.04. The highest BCUT2D eigenvalue weighted by molar-refractivity contribution is 6.32. The number of hydrogen-bond donors (Lipinski definition) is 1. The normalized spacial score (nSPS) is 18.2. The maximum atomic E-state index is 9.67. The van der Waals surface area contributed by atoms with Crippen LogP contribution in [0.5, 0.6) is 11.5 Å². The first-order valence-corrected chi connectivity index (χ1v) is 8.32. The van der Waals surface area contributed by atoms with E-state index in [1.165, 1.54) is 0 Å². The number of piperidine rings is 1. The van der Waals surface area contributed by atoms with Crippen molar-refractivity contribution in [2.24, 2.45) is 5.92 Å². The second-order valence-corrected chi connectivity index (χ2v) is 6.30. The zero-order valence-corrected chi connectivity index (χ0v) is 14.4. The van der Waals surface area contributed by atoms with Gasteiger partial charge in [-0.3, -0.25) is 4.90 Å². The highest BCUT2D eigenvalue weighted by atomic mass is 35.5. The van der Waals surface area contributed by atoms with Crippen LogP contribution < -0.4 is 9.47 Å². The molecule has 0 aliphatic carbocycles. The summed E-state index contributed by atoms with van der Waals surface area (Å²) in [7, 11) is 1.63. The van der Waals surface area contributed by atoms with Crippen LogP contribution in [0.2, 0.25) is 5.02 Å². The molecule has 1 atom stereocenters. The largest absolute Gasteiger partial charge is 0.493 e. The maximum Gasteiger partial charge on any atom is 0.179 e. The van der Waals surface area contributed by atoms with Gasteiger partial charge in [0.2, 0.25) is 0 Å². The van der Waals surface area contributed by atoms with E-state index in [0.29, 0.717) is 29.0 Å². The molecular formula is C17H26ClNO3. The molecule has 0 aromatic heterocycles. The van der Waals surface area contributed by atoms with E-state index in [1.807, 2.05) is 26.0 Å². The summed E-state index contributed by atoms with van der Waals surface area (Å²) in [6.07, 6.45) is 1.88. The first-order valence-electron chi connectivity index (χ1n) is 7.94. The van der Waals surface area contributed by atoms with Crippen LogP contribution in [0, 0.1) is 5.92 Å². The van der Waals surface area contributed by atoms with Gasteiger partial charge in [-0.1, -0.05) is 11.6 Å². The van der Waals surface area contributed by atoms with Crippen LogP contribution in [0.25, 0.3) is 0 Å². The van der Waals surface area contributed by atoms with Crippen LogP contribution in [0.1, 0.15) is 32.3 Å². The van der Waals surface area contributed by atoms with E-state index < -0.39 is 0 Å². The maximum absolute atomic E-state index is 9.67. The molecular weight excluding hydrogens is 302 g/mol. The summed E-state index contributed by atoms with van der Waals surface area (Å²) in [5.74, 6) is 1.72. The van der Waals surface area contributed by atoms with Gasteiger partial charge in [-0.2, -0.15) is 0 Å². The van der Waals surface area contributed by atoms with Gasteiger partial charge in [0, 0.05) is 6.54 Å². The van der Waals surface area contributed by atoms with Crippen LogP contribution in [-0.4, -0.2) is 42.9 Å². The molecule has 0 radical (unpaired) electrons. The molecule has 22 heavy (non-hydrogen) atoms. The van der Waals surface area contributed by atoms with Crippen LogP contribution in [0.15, 0.2) is 12.1 Å². The predicted octanol–water partition coefficient (Wildman–Crippen LogP) is 3.34. The van der Waals surface area contributed by atoms with Gasteiger partial charge in [0.25, 0.3) is 0 Å². The fourth-order valence-corrected chi connectivity index (χ4v) is 3.29. The number of benzene rings is 1. The topological polar surface area (TPSA) is 41.9 Å². The molecule has 1 unspecified atom stereocenters. The minimum absolute atomic E-state index is 0.206. The molecule has 4 nitrogen and oxygen atoms in total. The Kier molecular flexibility index (Phi) is 6.36. The molecule has 1 aliphatic heterocycles. The predicted molar refractivity (Wildman–Crippen MR) is 88.9 cm³/mol. The van der Waals surface area contributed by atoms with Gasteiger partial charge in [0.1, 0.15) is 0 Å². The van der Waals surface area contributed by atoms with Crippen LogP contribution in [-0.2, 0) is 6.54 Å². The number of hydrogen-bond acceptors (Lipinski definition) is 4. The van der Waals surface area contributed by atoms with Crippen molar-refractivity contribution in [1.29, 1.82) is 0 Å². The number of aliphatic hydroxyl groups is 1. The summed E-state index contributed by atoms with van der Waals surface area (Å²) < 4.78 is 10.9. The molecule has 0 bridgehead atoms. The lowest BCUT2D eigenvalue weighted by atomic mass is 9.92. The Morgan fingerprint density at radius 2 is 2.05 bits per heavy atom. The summed E-state index contributed by atoms with van der Waals surface area (Å²) in [6.45, 7) is 7.22. The third-order valence-corrected chi connectivity index (χ3v) is 4.58. The van der Waals surface area contributed by atoms with Gasteiger partial charge in [-0.05, 0) is 63.4 Å². The summed E-state index contributed by atoms with van der Waals surface area (Å²) in [4.78, 5) is 2.39. The SMILES string of the molecule is CCOc1c(Cl)cc(CN2CCC(C(C)O)CC2)cc1OC. The van der Waals surface area contributed by atoms with E-state index in [0.717, 1.165) is 38.0 Å². The van der Waals surface area contributed by atoms with Gasteiger partial charge in [0.05, 0.1) is 24.8 Å². The Hall–Kier alpha value is -0.970. The molecule has 1 heterocycles.